The van der Waals surface area contributed by atoms with Crippen LogP contribution in [0, 0.1) is 0 Å². The highest BCUT2D eigenvalue weighted by Crippen LogP contribution is 2.41. The molecule has 0 spiro atoms. The third-order valence-corrected chi connectivity index (χ3v) is 7.37. The first kappa shape index (κ1) is 21.5. The van der Waals surface area contributed by atoms with Crippen molar-refractivity contribution in [3.63, 3.8) is 0 Å². The third kappa shape index (κ3) is 4.24. The number of hydrogen-bond acceptors (Lipinski definition) is 7. The van der Waals surface area contributed by atoms with Crippen molar-refractivity contribution in [2.45, 2.75) is 16.7 Å². The maximum absolute atomic E-state index is 12.6. The summed E-state index contributed by atoms with van der Waals surface area (Å²) < 4.78 is 90.8. The van der Waals surface area contributed by atoms with Gasteiger partial charge >= 0.3 is 0 Å². The van der Waals surface area contributed by atoms with Crippen LogP contribution in [-0.4, -0.2) is 52.4 Å². The zero-order valence-electron chi connectivity index (χ0n) is 14.9. The highest BCUT2D eigenvalue weighted by molar-refractivity contribution is 7.90. The van der Waals surface area contributed by atoms with Gasteiger partial charge in [0.05, 0.1) is 16.3 Å². The molecule has 2 aromatic carbocycles. The Hall–Kier alpha value is -2.16. The molecule has 1 aliphatic heterocycles. The van der Waals surface area contributed by atoms with E-state index in [0.29, 0.717) is 22.5 Å². The largest absolute Gasteiger partial charge is 0.295 e. The number of nitrogens with one attached hydrogen (secondary N) is 1. The van der Waals surface area contributed by atoms with Crippen LogP contribution < -0.4 is 4.72 Å². The van der Waals surface area contributed by atoms with E-state index in [1.165, 1.54) is 18.2 Å². The number of benzene rings is 2. The molecule has 0 radical (unpaired) electrons. The van der Waals surface area contributed by atoms with E-state index < -0.39 is 52.3 Å². The lowest BCUT2D eigenvalue weighted by molar-refractivity contribution is 0.481. The van der Waals surface area contributed by atoms with Gasteiger partial charge in [0.2, 0.25) is 10.0 Å². The smallest absolute Gasteiger partial charge is 0.286 e. The van der Waals surface area contributed by atoms with Crippen molar-refractivity contribution in [3.8, 4) is 0 Å². The Bertz CT molecular complexity index is 1410. The molecule has 156 valence electrons. The first-order valence-electron chi connectivity index (χ1n) is 7.99. The summed E-state index contributed by atoms with van der Waals surface area (Å²) in [5.74, 6) is -0.871. The molecule has 2 aromatic rings. The Morgan fingerprint density at radius 3 is 2.28 bits per heavy atom. The molecule has 0 aliphatic carbocycles. The van der Waals surface area contributed by atoms with Gasteiger partial charge < -0.3 is 0 Å². The standard InChI is InChI=1S/C16H16N2O8S3/c1-9-10(2)18-14-4-3-12-13(16(9)14)7-11(8-15(12)29(24,25)26)28(22,23)17-5-6-27(19,20)21/h3-4,7-8,17H,1,5-6H2,2H3,(H,19,20,21)(H,24,25,26). The maximum Gasteiger partial charge on any atom is 0.295 e. The molecular weight excluding hydrogens is 444 g/mol. The molecule has 13 heteroatoms. The molecule has 10 nitrogen and oxygen atoms in total. The topological polar surface area (TPSA) is 167 Å². The summed E-state index contributed by atoms with van der Waals surface area (Å²) in [7, 11) is -13.6. The van der Waals surface area contributed by atoms with Gasteiger partial charge in [-0.3, -0.25) is 14.1 Å². The molecule has 0 amide bonds. The monoisotopic (exact) mass is 460 g/mol. The zero-order chi connectivity index (χ0) is 21.8. The SMILES string of the molecule is C=C1C(C)=Nc2ccc3c(S(=O)(=O)O)cc(S(=O)(=O)NCCS(=O)(=O)O)cc3c21. The van der Waals surface area contributed by atoms with Gasteiger partial charge in [0, 0.05) is 23.2 Å². The minimum absolute atomic E-state index is 0.0779. The molecule has 3 rings (SSSR count). The first-order chi connectivity index (χ1) is 13.2. The van der Waals surface area contributed by atoms with E-state index in [4.69, 9.17) is 4.55 Å². The number of fused-ring (bicyclic) bond motifs is 3. The van der Waals surface area contributed by atoms with E-state index in [1.807, 2.05) is 4.72 Å². The molecule has 29 heavy (non-hydrogen) atoms. The first-order valence-corrected chi connectivity index (χ1v) is 12.5. The second-order valence-corrected chi connectivity index (χ2v) is 11.0. The molecule has 0 bridgehead atoms. The minimum atomic E-state index is -4.80. The van der Waals surface area contributed by atoms with Gasteiger partial charge in [-0.25, -0.2) is 13.1 Å². The van der Waals surface area contributed by atoms with Crippen LogP contribution in [0.5, 0.6) is 0 Å². The lowest BCUT2D eigenvalue weighted by Gasteiger charge is -2.13. The average Bonchev–Trinajstić information content (AvgIpc) is 2.86. The van der Waals surface area contributed by atoms with Gasteiger partial charge in [0.15, 0.2) is 0 Å². The van der Waals surface area contributed by atoms with Gasteiger partial charge in [-0.05, 0) is 36.1 Å². The van der Waals surface area contributed by atoms with E-state index in [2.05, 4.69) is 11.6 Å². The van der Waals surface area contributed by atoms with Gasteiger partial charge in [0.1, 0.15) is 4.90 Å². The molecule has 1 heterocycles. The summed E-state index contributed by atoms with van der Waals surface area (Å²) in [6, 6.07) is 4.89. The fraction of sp³-hybridized carbons (Fsp3) is 0.188. The van der Waals surface area contributed by atoms with Crippen molar-refractivity contribution in [1.29, 1.82) is 0 Å². The molecule has 3 N–H and O–H groups in total. The van der Waals surface area contributed by atoms with E-state index in [-0.39, 0.29) is 10.8 Å². The summed E-state index contributed by atoms with van der Waals surface area (Å²) in [5.41, 5.74) is 1.94. The number of nitrogens with zero attached hydrogens (tertiary/aromatic N) is 1. The number of hydrogen-bond donors (Lipinski definition) is 3. The Labute approximate surface area is 167 Å². The average molecular weight is 461 g/mol. The predicted octanol–water partition coefficient (Wildman–Crippen LogP) is 1.37. The van der Waals surface area contributed by atoms with Crippen LogP contribution in [0.2, 0.25) is 0 Å². The second-order valence-electron chi connectivity index (χ2n) is 6.31. The quantitative estimate of drug-likeness (QED) is 0.543. The van der Waals surface area contributed by atoms with Crippen molar-refractivity contribution in [2.75, 3.05) is 12.3 Å². The van der Waals surface area contributed by atoms with Gasteiger partial charge in [-0.2, -0.15) is 16.8 Å². The molecule has 1 aliphatic rings. The van der Waals surface area contributed by atoms with E-state index in [9.17, 15) is 29.8 Å². The lowest BCUT2D eigenvalue weighted by Crippen LogP contribution is -2.29. The third-order valence-electron chi connectivity index (χ3n) is 4.32. The fourth-order valence-electron chi connectivity index (χ4n) is 2.96. The maximum atomic E-state index is 12.6. The molecule has 0 saturated carbocycles. The van der Waals surface area contributed by atoms with Crippen LogP contribution in [0.25, 0.3) is 16.3 Å². The second kappa shape index (κ2) is 6.97. The van der Waals surface area contributed by atoms with Crippen molar-refractivity contribution in [1.82, 2.24) is 4.72 Å². The molecule has 0 aromatic heterocycles. The lowest BCUT2D eigenvalue weighted by atomic mass is 9.98. The van der Waals surface area contributed by atoms with Gasteiger partial charge in [0.25, 0.3) is 20.2 Å². The number of rotatable bonds is 6. The summed E-state index contributed by atoms with van der Waals surface area (Å²) in [5, 5.41) is 0.271. The van der Waals surface area contributed by atoms with Crippen molar-refractivity contribution in [3.05, 3.63) is 36.4 Å². The van der Waals surface area contributed by atoms with E-state index in [0.717, 1.165) is 6.07 Å². The fourth-order valence-corrected chi connectivity index (χ4v) is 5.34. The van der Waals surface area contributed by atoms with Crippen molar-refractivity contribution >= 4 is 58.0 Å². The summed E-state index contributed by atoms with van der Waals surface area (Å²) in [6.45, 7) is 4.94. The van der Waals surface area contributed by atoms with Crippen LogP contribution >= 0.6 is 0 Å². The van der Waals surface area contributed by atoms with Crippen LogP contribution in [-0.2, 0) is 30.3 Å². The van der Waals surface area contributed by atoms with E-state index in [1.54, 1.807) is 6.92 Å². The number of sulfonamides is 1. The van der Waals surface area contributed by atoms with E-state index >= 15 is 0 Å². The number of aliphatic imine (C=N–C) groups is 1. The molecular formula is C16H16N2O8S3. The number of allylic oxidation sites excluding steroid dienone is 1. The summed E-state index contributed by atoms with van der Waals surface area (Å²) in [4.78, 5) is 3.14. The van der Waals surface area contributed by atoms with Crippen LogP contribution in [0.4, 0.5) is 5.69 Å². The predicted molar refractivity (Wildman–Crippen MR) is 107 cm³/mol. The highest BCUT2D eigenvalue weighted by atomic mass is 32.2. The summed E-state index contributed by atoms with van der Waals surface area (Å²) >= 11 is 0. The van der Waals surface area contributed by atoms with Crippen molar-refractivity contribution < 1.29 is 34.4 Å². The molecule has 0 unspecified atom stereocenters. The Kier molecular flexibility index (Phi) is 5.18. The Morgan fingerprint density at radius 1 is 1.03 bits per heavy atom. The van der Waals surface area contributed by atoms with Crippen LogP contribution in [0.15, 0.2) is 45.6 Å². The minimum Gasteiger partial charge on any atom is -0.286 e. The Balaban J connectivity index is 2.24. The highest BCUT2D eigenvalue weighted by Gasteiger charge is 2.26. The van der Waals surface area contributed by atoms with Crippen LogP contribution in [0.1, 0.15) is 12.5 Å². The normalized spacial score (nSPS) is 14.9. The molecule has 0 saturated heterocycles. The van der Waals surface area contributed by atoms with Crippen LogP contribution in [0.3, 0.4) is 0 Å². The molecule has 0 fully saturated rings. The molecule has 0 atom stereocenters. The summed E-state index contributed by atoms with van der Waals surface area (Å²) in [6.07, 6.45) is 0. The zero-order valence-corrected chi connectivity index (χ0v) is 17.4. The van der Waals surface area contributed by atoms with Crippen molar-refractivity contribution in [2.24, 2.45) is 4.99 Å². The Morgan fingerprint density at radius 2 is 1.69 bits per heavy atom. The van der Waals surface area contributed by atoms with Gasteiger partial charge in [-0.15, -0.1) is 0 Å². The van der Waals surface area contributed by atoms with Gasteiger partial charge in [-0.1, -0.05) is 12.6 Å².